The van der Waals surface area contributed by atoms with E-state index in [9.17, 15) is 14.4 Å². The first kappa shape index (κ1) is 11.9. The van der Waals surface area contributed by atoms with Gasteiger partial charge < -0.3 is 15.2 Å². The molecular weight excluding hydrogens is 240 g/mol. The molecule has 1 heterocycles. The third kappa shape index (κ3) is 1.97. The number of methoxy groups -OCH3 is 1. The summed E-state index contributed by atoms with van der Waals surface area (Å²) in [5.41, 5.74) is 5.62. The summed E-state index contributed by atoms with van der Waals surface area (Å²) in [7, 11) is 1.40. The molecular formula is C11H10N2O5. The number of cyclic esters (lactones) is 1. The summed E-state index contributed by atoms with van der Waals surface area (Å²) in [5.74, 6) is -0.932. The Morgan fingerprint density at radius 3 is 2.67 bits per heavy atom. The van der Waals surface area contributed by atoms with Crippen molar-refractivity contribution in [3.63, 3.8) is 0 Å². The zero-order chi connectivity index (χ0) is 13.3. The number of rotatable bonds is 3. The number of amides is 3. The molecule has 18 heavy (non-hydrogen) atoms. The molecule has 0 spiro atoms. The molecule has 1 aromatic rings. The van der Waals surface area contributed by atoms with E-state index in [1.807, 2.05) is 5.32 Å². The third-order valence-corrected chi connectivity index (χ3v) is 2.48. The van der Waals surface area contributed by atoms with Gasteiger partial charge in [0.1, 0.15) is 5.75 Å². The number of carbonyl (C=O) groups is 3. The number of alkyl carbamates (subject to hydrolysis) is 1. The number of hydrogen-bond acceptors (Lipinski definition) is 5. The molecule has 1 fully saturated rings. The molecule has 0 radical (unpaired) electrons. The van der Waals surface area contributed by atoms with Gasteiger partial charge in [0.15, 0.2) is 0 Å². The third-order valence-electron chi connectivity index (χ3n) is 2.48. The summed E-state index contributed by atoms with van der Waals surface area (Å²) in [6.07, 6.45) is -1.97. The fourth-order valence-electron chi connectivity index (χ4n) is 1.65. The molecule has 1 aliphatic heterocycles. The monoisotopic (exact) mass is 250 g/mol. The standard InChI is InChI=1S/C11H10N2O5/c1-17-7-3-2-5(9(12)14)4-6(7)8-10(15)13-11(16)18-8/h2-4,8H,1H3,(H2,12,14)(H,13,15,16). The van der Waals surface area contributed by atoms with Crippen LogP contribution < -0.4 is 15.8 Å². The highest BCUT2D eigenvalue weighted by Gasteiger charge is 2.35. The van der Waals surface area contributed by atoms with Crippen LogP contribution >= 0.6 is 0 Å². The van der Waals surface area contributed by atoms with Crippen LogP contribution in [0.2, 0.25) is 0 Å². The fourth-order valence-corrected chi connectivity index (χ4v) is 1.65. The second-order valence-electron chi connectivity index (χ2n) is 3.60. The molecule has 2 rings (SSSR count). The van der Waals surface area contributed by atoms with E-state index in [1.54, 1.807) is 0 Å². The SMILES string of the molecule is COc1ccc(C(N)=O)cc1C1OC(=O)NC1=O. The van der Waals surface area contributed by atoms with Crippen molar-refractivity contribution in [2.45, 2.75) is 6.10 Å². The highest BCUT2D eigenvalue weighted by atomic mass is 16.6. The predicted molar refractivity (Wildman–Crippen MR) is 58.9 cm³/mol. The minimum absolute atomic E-state index is 0.196. The van der Waals surface area contributed by atoms with Gasteiger partial charge in [0, 0.05) is 11.1 Å². The molecule has 1 atom stereocenters. The van der Waals surface area contributed by atoms with Gasteiger partial charge in [0.25, 0.3) is 5.91 Å². The number of hydrogen-bond donors (Lipinski definition) is 2. The van der Waals surface area contributed by atoms with Gasteiger partial charge >= 0.3 is 6.09 Å². The van der Waals surface area contributed by atoms with Crippen molar-refractivity contribution in [1.82, 2.24) is 5.32 Å². The molecule has 0 bridgehead atoms. The highest BCUT2D eigenvalue weighted by Crippen LogP contribution is 2.31. The molecule has 0 aromatic heterocycles. The van der Waals surface area contributed by atoms with E-state index >= 15 is 0 Å². The van der Waals surface area contributed by atoms with E-state index in [2.05, 4.69) is 0 Å². The van der Waals surface area contributed by atoms with Crippen LogP contribution in [-0.2, 0) is 9.53 Å². The Labute approximate surface area is 102 Å². The van der Waals surface area contributed by atoms with Crippen LogP contribution in [0, 0.1) is 0 Å². The number of nitrogens with one attached hydrogen (secondary N) is 1. The molecule has 7 heteroatoms. The maximum atomic E-state index is 11.5. The number of carbonyl (C=O) groups excluding carboxylic acids is 3. The summed E-state index contributed by atoms with van der Waals surface area (Å²) >= 11 is 0. The van der Waals surface area contributed by atoms with Gasteiger partial charge in [-0.25, -0.2) is 4.79 Å². The molecule has 1 unspecified atom stereocenters. The number of primary amides is 1. The molecule has 7 nitrogen and oxygen atoms in total. The summed E-state index contributed by atoms with van der Waals surface area (Å²) in [6.45, 7) is 0. The Morgan fingerprint density at radius 1 is 1.44 bits per heavy atom. The zero-order valence-corrected chi connectivity index (χ0v) is 9.43. The second kappa shape index (κ2) is 4.36. The normalized spacial score (nSPS) is 18.2. The Hall–Kier alpha value is -2.57. The van der Waals surface area contributed by atoms with E-state index in [0.29, 0.717) is 5.75 Å². The Morgan fingerprint density at radius 2 is 2.17 bits per heavy atom. The summed E-state index contributed by atoms with van der Waals surface area (Å²) in [4.78, 5) is 33.6. The minimum Gasteiger partial charge on any atom is -0.496 e. The lowest BCUT2D eigenvalue weighted by Crippen LogP contribution is -2.21. The van der Waals surface area contributed by atoms with Crippen LogP contribution in [0.4, 0.5) is 4.79 Å². The van der Waals surface area contributed by atoms with Crippen LogP contribution in [0.1, 0.15) is 22.0 Å². The van der Waals surface area contributed by atoms with Crippen molar-refractivity contribution in [2.75, 3.05) is 7.11 Å². The van der Waals surface area contributed by atoms with E-state index < -0.39 is 24.0 Å². The van der Waals surface area contributed by atoms with E-state index in [1.165, 1.54) is 25.3 Å². The van der Waals surface area contributed by atoms with Gasteiger partial charge in [-0.15, -0.1) is 0 Å². The van der Waals surface area contributed by atoms with Crippen molar-refractivity contribution in [2.24, 2.45) is 5.73 Å². The molecule has 1 aliphatic rings. The molecule has 3 N–H and O–H groups in total. The van der Waals surface area contributed by atoms with Gasteiger partial charge in [-0.2, -0.15) is 0 Å². The highest BCUT2D eigenvalue weighted by molar-refractivity contribution is 6.01. The van der Waals surface area contributed by atoms with Gasteiger partial charge in [-0.1, -0.05) is 0 Å². The Bertz CT molecular complexity index is 540. The van der Waals surface area contributed by atoms with Crippen molar-refractivity contribution in [3.05, 3.63) is 29.3 Å². The van der Waals surface area contributed by atoms with Crippen LogP contribution in [0.25, 0.3) is 0 Å². The molecule has 1 saturated heterocycles. The lowest BCUT2D eigenvalue weighted by Gasteiger charge is -2.12. The maximum absolute atomic E-state index is 11.5. The quantitative estimate of drug-likeness (QED) is 0.791. The predicted octanol–water partition coefficient (Wildman–Crippen LogP) is 0.102. The summed E-state index contributed by atoms with van der Waals surface area (Å²) < 4.78 is 9.86. The van der Waals surface area contributed by atoms with Gasteiger partial charge in [0.2, 0.25) is 12.0 Å². The topological polar surface area (TPSA) is 108 Å². The molecule has 0 saturated carbocycles. The molecule has 94 valence electrons. The fraction of sp³-hybridized carbons (Fsp3) is 0.182. The Kier molecular flexibility index (Phi) is 2.88. The Balaban J connectivity index is 2.47. The van der Waals surface area contributed by atoms with Crippen molar-refractivity contribution in [3.8, 4) is 5.75 Å². The van der Waals surface area contributed by atoms with E-state index in [4.69, 9.17) is 15.2 Å². The second-order valence-corrected chi connectivity index (χ2v) is 3.60. The van der Waals surface area contributed by atoms with Gasteiger partial charge in [0.05, 0.1) is 7.11 Å². The van der Waals surface area contributed by atoms with Gasteiger partial charge in [-0.05, 0) is 18.2 Å². The molecule has 0 aliphatic carbocycles. The smallest absolute Gasteiger partial charge is 0.415 e. The lowest BCUT2D eigenvalue weighted by atomic mass is 10.0. The van der Waals surface area contributed by atoms with Crippen LogP contribution in [0.5, 0.6) is 5.75 Å². The molecule has 1 aromatic carbocycles. The number of nitrogens with two attached hydrogens (primary N) is 1. The first-order chi connectivity index (χ1) is 8.52. The first-order valence-electron chi connectivity index (χ1n) is 5.02. The van der Waals surface area contributed by atoms with Crippen LogP contribution in [0.3, 0.4) is 0 Å². The van der Waals surface area contributed by atoms with Crippen LogP contribution in [-0.4, -0.2) is 25.0 Å². The summed E-state index contributed by atoms with van der Waals surface area (Å²) in [6, 6.07) is 4.30. The van der Waals surface area contributed by atoms with E-state index in [0.717, 1.165) is 0 Å². The average Bonchev–Trinajstić information content (AvgIpc) is 2.67. The number of benzene rings is 1. The summed E-state index contributed by atoms with van der Waals surface area (Å²) in [5, 5.41) is 1.99. The first-order valence-corrected chi connectivity index (χ1v) is 5.02. The largest absolute Gasteiger partial charge is 0.496 e. The van der Waals surface area contributed by atoms with Crippen molar-refractivity contribution >= 4 is 17.9 Å². The molecule has 3 amide bonds. The zero-order valence-electron chi connectivity index (χ0n) is 9.43. The van der Waals surface area contributed by atoms with Gasteiger partial charge in [-0.3, -0.25) is 14.9 Å². The number of imide groups is 1. The minimum atomic E-state index is -1.13. The lowest BCUT2D eigenvalue weighted by molar-refractivity contribution is -0.123. The number of ether oxygens (including phenoxy) is 2. The van der Waals surface area contributed by atoms with Crippen LogP contribution in [0.15, 0.2) is 18.2 Å². The van der Waals surface area contributed by atoms with E-state index in [-0.39, 0.29) is 11.1 Å². The van der Waals surface area contributed by atoms with Crippen molar-refractivity contribution < 1.29 is 23.9 Å². The van der Waals surface area contributed by atoms with Crippen molar-refractivity contribution in [1.29, 1.82) is 0 Å². The average molecular weight is 250 g/mol. The maximum Gasteiger partial charge on any atom is 0.415 e.